The molecule has 2 aromatic heterocycles. The number of nitrogens with zero attached hydrogens (tertiary/aromatic N) is 5. The molecular weight excluding hydrogens is 428 g/mol. The van der Waals surface area contributed by atoms with Gasteiger partial charge in [-0.05, 0) is 63.2 Å². The monoisotopic (exact) mass is 460 g/mol. The van der Waals surface area contributed by atoms with Crippen LogP contribution in [0.4, 0.5) is 5.82 Å². The first kappa shape index (κ1) is 22.0. The number of hydrogen-bond donors (Lipinski definition) is 1. The van der Waals surface area contributed by atoms with Gasteiger partial charge in [-0.2, -0.15) is 0 Å². The third-order valence-electron chi connectivity index (χ3n) is 6.82. The molecule has 0 spiro atoms. The fourth-order valence-electron chi connectivity index (χ4n) is 4.87. The van der Waals surface area contributed by atoms with Crippen molar-refractivity contribution in [1.82, 2.24) is 25.0 Å². The number of aromatic nitrogens is 3. The predicted molar refractivity (Wildman–Crippen MR) is 137 cm³/mol. The molecule has 0 amide bonds. The van der Waals surface area contributed by atoms with Crippen LogP contribution in [0.25, 0.3) is 21.3 Å². The standard InChI is InChI=1S/C26H32N6S/c1-18(17-31-10-4-5-11-31)32-12-8-21(9-13-32)19(2)28-25-15-24-14-22(6-7-23(24)16-27-25)26-30-29-20(3)33-26/h6-7,14-16,21H,1-2,4-5,8-13,17H2,3H3,(H,27,28). The number of aryl methyl sites for hydroxylation is 1. The molecule has 0 unspecified atom stereocenters. The minimum atomic E-state index is 0.453. The molecule has 0 bridgehead atoms. The van der Waals surface area contributed by atoms with E-state index in [0.717, 1.165) is 70.3 Å². The van der Waals surface area contributed by atoms with Gasteiger partial charge >= 0.3 is 0 Å². The van der Waals surface area contributed by atoms with E-state index in [-0.39, 0.29) is 0 Å². The number of allylic oxidation sites excluding steroid dienone is 1. The van der Waals surface area contributed by atoms with Crippen molar-refractivity contribution in [1.29, 1.82) is 0 Å². The van der Waals surface area contributed by atoms with Crippen LogP contribution in [0, 0.1) is 12.8 Å². The second-order valence-corrected chi connectivity index (χ2v) is 10.4. The van der Waals surface area contributed by atoms with Gasteiger partial charge in [0.05, 0.1) is 0 Å². The number of fused-ring (bicyclic) bond motifs is 1. The zero-order valence-corrected chi connectivity index (χ0v) is 20.2. The highest BCUT2D eigenvalue weighted by atomic mass is 32.1. The molecule has 2 saturated heterocycles. The molecular formula is C26H32N6S. The Hall–Kier alpha value is -2.77. The molecule has 0 saturated carbocycles. The largest absolute Gasteiger partial charge is 0.374 e. The Labute approximate surface area is 200 Å². The first-order chi connectivity index (χ1) is 16.0. The third-order valence-corrected chi connectivity index (χ3v) is 7.71. The van der Waals surface area contributed by atoms with Crippen LogP contribution < -0.4 is 5.32 Å². The fourth-order valence-corrected chi connectivity index (χ4v) is 5.55. The van der Waals surface area contributed by atoms with Crippen molar-refractivity contribution in [3.63, 3.8) is 0 Å². The van der Waals surface area contributed by atoms with E-state index in [2.05, 4.69) is 67.7 Å². The normalized spacial score (nSPS) is 17.5. The number of anilines is 1. The van der Waals surface area contributed by atoms with Crippen molar-refractivity contribution in [2.24, 2.45) is 5.92 Å². The van der Waals surface area contributed by atoms with Crippen molar-refractivity contribution in [2.45, 2.75) is 32.6 Å². The summed E-state index contributed by atoms with van der Waals surface area (Å²) in [6.45, 7) is 16.3. The van der Waals surface area contributed by atoms with Crippen molar-refractivity contribution in [3.05, 3.63) is 60.0 Å². The smallest absolute Gasteiger partial charge is 0.147 e. The molecule has 172 valence electrons. The molecule has 2 aliphatic rings. The molecule has 3 aromatic rings. The lowest BCUT2D eigenvalue weighted by molar-refractivity contribution is 0.222. The Balaban J connectivity index is 1.19. The molecule has 0 radical (unpaired) electrons. The van der Waals surface area contributed by atoms with E-state index in [1.54, 1.807) is 11.3 Å². The quantitative estimate of drug-likeness (QED) is 0.516. The van der Waals surface area contributed by atoms with Gasteiger partial charge in [0.25, 0.3) is 0 Å². The van der Waals surface area contributed by atoms with Crippen LogP contribution in [-0.4, -0.2) is 57.7 Å². The van der Waals surface area contributed by atoms with Gasteiger partial charge < -0.3 is 10.2 Å². The van der Waals surface area contributed by atoms with Crippen LogP contribution in [0.1, 0.15) is 30.7 Å². The van der Waals surface area contributed by atoms with Crippen LogP contribution >= 0.6 is 11.3 Å². The highest BCUT2D eigenvalue weighted by Gasteiger charge is 2.24. The van der Waals surface area contributed by atoms with Crippen LogP contribution in [0.2, 0.25) is 0 Å². The second kappa shape index (κ2) is 9.61. The number of pyridine rings is 1. The summed E-state index contributed by atoms with van der Waals surface area (Å²) in [7, 11) is 0. The van der Waals surface area contributed by atoms with Crippen molar-refractivity contribution < 1.29 is 0 Å². The zero-order valence-electron chi connectivity index (χ0n) is 19.4. The number of piperidine rings is 1. The summed E-state index contributed by atoms with van der Waals surface area (Å²) >= 11 is 1.61. The first-order valence-corrected chi connectivity index (χ1v) is 12.7. The van der Waals surface area contributed by atoms with Gasteiger partial charge in [-0.3, -0.25) is 4.90 Å². The lowest BCUT2D eigenvalue weighted by Crippen LogP contribution is -2.37. The van der Waals surface area contributed by atoms with Gasteiger partial charge in [0.1, 0.15) is 15.8 Å². The topological polar surface area (TPSA) is 57.2 Å². The minimum absolute atomic E-state index is 0.453. The Kier molecular flexibility index (Phi) is 6.42. The summed E-state index contributed by atoms with van der Waals surface area (Å²) < 4.78 is 0. The molecule has 0 atom stereocenters. The summed E-state index contributed by atoms with van der Waals surface area (Å²) in [5.41, 5.74) is 3.42. The number of nitrogens with one attached hydrogen (secondary N) is 1. The highest BCUT2D eigenvalue weighted by Crippen LogP contribution is 2.30. The fraction of sp³-hybridized carbons (Fsp3) is 0.423. The maximum atomic E-state index is 4.62. The van der Waals surface area contributed by atoms with E-state index < -0.39 is 0 Å². The Morgan fingerprint density at radius 3 is 2.58 bits per heavy atom. The molecule has 2 fully saturated rings. The van der Waals surface area contributed by atoms with Crippen LogP contribution in [0.15, 0.2) is 55.0 Å². The van der Waals surface area contributed by atoms with Crippen LogP contribution in [0.5, 0.6) is 0 Å². The number of benzene rings is 1. The zero-order chi connectivity index (χ0) is 22.8. The second-order valence-electron chi connectivity index (χ2n) is 9.22. The summed E-state index contributed by atoms with van der Waals surface area (Å²) in [4.78, 5) is 9.61. The van der Waals surface area contributed by atoms with Crippen molar-refractivity contribution in [2.75, 3.05) is 38.0 Å². The molecule has 2 aliphatic heterocycles. The Morgan fingerprint density at radius 2 is 1.85 bits per heavy atom. The van der Waals surface area contributed by atoms with E-state index >= 15 is 0 Å². The van der Waals surface area contributed by atoms with E-state index in [4.69, 9.17) is 0 Å². The first-order valence-electron chi connectivity index (χ1n) is 11.9. The number of rotatable bonds is 7. The maximum Gasteiger partial charge on any atom is 0.147 e. The van der Waals surface area contributed by atoms with Gasteiger partial charge in [0.15, 0.2) is 0 Å². The predicted octanol–water partition coefficient (Wildman–Crippen LogP) is 5.31. The van der Waals surface area contributed by atoms with E-state index in [1.807, 2.05) is 13.1 Å². The average Bonchev–Trinajstić information content (AvgIpc) is 3.50. The molecule has 5 rings (SSSR count). The van der Waals surface area contributed by atoms with Gasteiger partial charge in [0.2, 0.25) is 0 Å². The summed E-state index contributed by atoms with van der Waals surface area (Å²) in [5.74, 6) is 1.30. The van der Waals surface area contributed by atoms with E-state index in [9.17, 15) is 0 Å². The lowest BCUT2D eigenvalue weighted by Gasteiger charge is -2.36. The molecule has 7 heteroatoms. The summed E-state index contributed by atoms with van der Waals surface area (Å²) in [6.07, 6.45) is 6.77. The number of hydrogen-bond acceptors (Lipinski definition) is 7. The Morgan fingerprint density at radius 1 is 1.06 bits per heavy atom. The van der Waals surface area contributed by atoms with E-state index in [1.165, 1.54) is 31.6 Å². The molecule has 0 aliphatic carbocycles. The Bertz CT molecular complexity index is 1150. The lowest BCUT2D eigenvalue weighted by atomic mass is 9.93. The SMILES string of the molecule is C=C(Nc1cc2cc(-c3nnc(C)s3)ccc2cn1)C1CCN(C(=C)CN2CCCC2)CC1. The third kappa shape index (κ3) is 5.09. The van der Waals surface area contributed by atoms with E-state index in [0.29, 0.717) is 5.92 Å². The summed E-state index contributed by atoms with van der Waals surface area (Å²) in [5, 5.41) is 16.1. The van der Waals surface area contributed by atoms with Crippen LogP contribution in [0.3, 0.4) is 0 Å². The highest BCUT2D eigenvalue weighted by molar-refractivity contribution is 7.14. The van der Waals surface area contributed by atoms with Gasteiger partial charge in [0, 0.05) is 54.1 Å². The summed E-state index contributed by atoms with van der Waals surface area (Å²) in [6, 6.07) is 8.44. The van der Waals surface area contributed by atoms with Crippen molar-refractivity contribution in [3.8, 4) is 10.6 Å². The molecule has 6 nitrogen and oxygen atoms in total. The molecule has 1 N–H and O–H groups in total. The van der Waals surface area contributed by atoms with Crippen LogP contribution in [-0.2, 0) is 0 Å². The number of likely N-dealkylation sites (tertiary alicyclic amines) is 2. The molecule has 4 heterocycles. The molecule has 1 aromatic carbocycles. The van der Waals surface area contributed by atoms with Crippen molar-refractivity contribution >= 4 is 27.9 Å². The maximum absolute atomic E-state index is 4.62. The van der Waals surface area contributed by atoms with Gasteiger partial charge in [-0.25, -0.2) is 4.98 Å². The molecule has 33 heavy (non-hydrogen) atoms. The van der Waals surface area contributed by atoms with Gasteiger partial charge in [-0.1, -0.05) is 36.6 Å². The minimum Gasteiger partial charge on any atom is -0.374 e. The van der Waals surface area contributed by atoms with Gasteiger partial charge in [-0.15, -0.1) is 10.2 Å². The average molecular weight is 461 g/mol.